The van der Waals surface area contributed by atoms with Crippen molar-refractivity contribution in [3.8, 4) is 17.2 Å². The lowest BCUT2D eigenvalue weighted by molar-refractivity contribution is -0.115. The van der Waals surface area contributed by atoms with Crippen molar-refractivity contribution in [2.75, 3.05) is 12.1 Å². The Labute approximate surface area is 184 Å². The van der Waals surface area contributed by atoms with E-state index in [1.807, 2.05) is 44.5 Å². The second-order valence-corrected chi connectivity index (χ2v) is 8.64. The summed E-state index contributed by atoms with van der Waals surface area (Å²) in [6, 6.07) is 11.4. The molecule has 9 heteroatoms. The number of carbonyl (C=O) groups excluding carboxylic acids is 1. The van der Waals surface area contributed by atoms with Crippen molar-refractivity contribution in [1.29, 1.82) is 0 Å². The van der Waals surface area contributed by atoms with Crippen LogP contribution in [-0.4, -0.2) is 32.7 Å². The Balaban J connectivity index is 1.36. The Hall–Kier alpha value is -3.20. The molecule has 31 heavy (non-hydrogen) atoms. The molecule has 0 radical (unpaired) electrons. The first kappa shape index (κ1) is 21.0. The van der Waals surface area contributed by atoms with Gasteiger partial charge < -0.3 is 24.1 Å². The van der Waals surface area contributed by atoms with Gasteiger partial charge in [0.2, 0.25) is 12.7 Å². The molecule has 4 rings (SSSR count). The van der Waals surface area contributed by atoms with Gasteiger partial charge in [-0.15, -0.1) is 10.2 Å². The first-order chi connectivity index (χ1) is 14.9. The van der Waals surface area contributed by atoms with E-state index in [2.05, 4.69) is 21.6 Å². The molecule has 1 aliphatic rings. The van der Waals surface area contributed by atoms with E-state index in [-0.39, 0.29) is 18.0 Å². The molecule has 0 aliphatic carbocycles. The van der Waals surface area contributed by atoms with Gasteiger partial charge in [-0.1, -0.05) is 23.9 Å². The highest BCUT2D eigenvalue weighted by molar-refractivity contribution is 8.00. The van der Waals surface area contributed by atoms with Gasteiger partial charge in [-0.3, -0.25) is 4.79 Å². The quantitative estimate of drug-likeness (QED) is 0.558. The monoisotopic (exact) mass is 440 g/mol. The second-order valence-electron chi connectivity index (χ2n) is 7.33. The van der Waals surface area contributed by atoms with Crippen LogP contribution in [0.25, 0.3) is 0 Å². The fourth-order valence-corrected chi connectivity index (χ4v) is 3.84. The van der Waals surface area contributed by atoms with Crippen LogP contribution in [0.1, 0.15) is 23.9 Å². The fourth-order valence-electron chi connectivity index (χ4n) is 3.01. The predicted octanol–water partition coefficient (Wildman–Crippen LogP) is 3.86. The Morgan fingerprint density at radius 3 is 2.84 bits per heavy atom. The van der Waals surface area contributed by atoms with Gasteiger partial charge in [-0.2, -0.15) is 0 Å². The van der Waals surface area contributed by atoms with Crippen molar-refractivity contribution >= 4 is 23.4 Å². The Morgan fingerprint density at radius 1 is 1.19 bits per heavy atom. The average Bonchev–Trinajstić information content (AvgIpc) is 3.35. The summed E-state index contributed by atoms with van der Waals surface area (Å²) >= 11 is 1.34. The number of anilines is 1. The number of benzene rings is 2. The molecule has 0 bridgehead atoms. The third-order valence-corrected chi connectivity index (χ3v) is 6.05. The van der Waals surface area contributed by atoms with E-state index in [0.29, 0.717) is 34.8 Å². The van der Waals surface area contributed by atoms with E-state index in [1.165, 1.54) is 11.8 Å². The average molecular weight is 441 g/mol. The van der Waals surface area contributed by atoms with Crippen LogP contribution in [0.5, 0.6) is 17.2 Å². The number of hydrogen-bond acceptors (Lipinski definition) is 7. The van der Waals surface area contributed by atoms with Crippen molar-refractivity contribution in [2.45, 2.75) is 37.8 Å². The fraction of sp³-hybridized carbons (Fsp3) is 0.318. The van der Waals surface area contributed by atoms with Gasteiger partial charge in [0.15, 0.2) is 22.5 Å². The number of aryl methyl sites for hydroxylation is 2. The molecule has 1 amide bonds. The number of thioether (sulfide) groups is 1. The first-order valence-corrected chi connectivity index (χ1v) is 10.7. The van der Waals surface area contributed by atoms with E-state index in [0.717, 1.165) is 16.9 Å². The van der Waals surface area contributed by atoms with Crippen molar-refractivity contribution in [3.63, 3.8) is 0 Å². The van der Waals surface area contributed by atoms with Gasteiger partial charge in [0.05, 0.1) is 5.25 Å². The molecule has 1 atom stereocenters. The third kappa shape index (κ3) is 4.77. The molecule has 1 aliphatic heterocycles. The molecule has 2 heterocycles. The molecule has 0 spiro atoms. The summed E-state index contributed by atoms with van der Waals surface area (Å²) < 4.78 is 18.4. The predicted molar refractivity (Wildman–Crippen MR) is 118 cm³/mol. The number of fused-ring (bicyclic) bond motifs is 1. The zero-order valence-electron chi connectivity index (χ0n) is 17.8. The molecule has 0 saturated carbocycles. The second kappa shape index (κ2) is 8.89. The number of hydrogen-bond donors (Lipinski definition) is 1. The summed E-state index contributed by atoms with van der Waals surface area (Å²) in [5.41, 5.74) is 2.86. The van der Waals surface area contributed by atoms with Crippen molar-refractivity contribution in [1.82, 2.24) is 14.8 Å². The summed E-state index contributed by atoms with van der Waals surface area (Å²) in [6.07, 6.45) is 0. The topological polar surface area (TPSA) is 87.5 Å². The Bertz CT molecular complexity index is 1110. The normalized spacial score (nSPS) is 13.2. The molecule has 2 aromatic carbocycles. The highest BCUT2D eigenvalue weighted by Gasteiger charge is 2.20. The van der Waals surface area contributed by atoms with Crippen LogP contribution < -0.4 is 19.5 Å². The van der Waals surface area contributed by atoms with Crippen LogP contribution in [0.15, 0.2) is 41.6 Å². The van der Waals surface area contributed by atoms with E-state index in [9.17, 15) is 4.79 Å². The minimum absolute atomic E-state index is 0.139. The molecule has 3 aromatic rings. The highest BCUT2D eigenvalue weighted by atomic mass is 32.2. The Kier molecular flexibility index (Phi) is 6.03. The van der Waals surface area contributed by atoms with Crippen LogP contribution in [0.2, 0.25) is 0 Å². The highest BCUT2D eigenvalue weighted by Crippen LogP contribution is 2.34. The minimum Gasteiger partial charge on any atom is -0.485 e. The molecule has 0 saturated heterocycles. The zero-order chi connectivity index (χ0) is 22.0. The molecule has 1 aromatic heterocycles. The molecule has 0 unspecified atom stereocenters. The third-order valence-electron chi connectivity index (χ3n) is 4.92. The summed E-state index contributed by atoms with van der Waals surface area (Å²) in [6.45, 7) is 6.35. The minimum atomic E-state index is -0.374. The van der Waals surface area contributed by atoms with Gasteiger partial charge in [0.25, 0.3) is 0 Å². The Morgan fingerprint density at radius 2 is 2.00 bits per heavy atom. The SMILES string of the molecule is Cc1ccc(C)c(OCc2nnc(S[C@@H](C)C(=O)Nc3ccc4c(c3)OCO4)n2C)c1. The number of aromatic nitrogens is 3. The summed E-state index contributed by atoms with van der Waals surface area (Å²) in [5, 5.41) is 11.6. The van der Waals surface area contributed by atoms with Crippen LogP contribution in [0.4, 0.5) is 5.69 Å². The summed E-state index contributed by atoms with van der Waals surface area (Å²) in [7, 11) is 1.87. The van der Waals surface area contributed by atoms with E-state index < -0.39 is 0 Å². The molecule has 162 valence electrons. The lowest BCUT2D eigenvalue weighted by Crippen LogP contribution is -2.22. The standard InChI is InChI=1S/C22H24N4O4S/c1-13-5-6-14(2)18(9-13)28-11-20-24-25-22(26(20)4)31-15(3)21(27)23-16-7-8-17-19(10-16)30-12-29-17/h5-10,15H,11-12H2,1-4H3,(H,23,27)/t15-/m0/s1. The van der Waals surface area contributed by atoms with Crippen LogP contribution >= 0.6 is 11.8 Å². The smallest absolute Gasteiger partial charge is 0.237 e. The summed E-state index contributed by atoms with van der Waals surface area (Å²) in [4.78, 5) is 12.6. The van der Waals surface area contributed by atoms with E-state index in [4.69, 9.17) is 14.2 Å². The number of nitrogens with zero attached hydrogens (tertiary/aromatic N) is 3. The lowest BCUT2D eigenvalue weighted by atomic mass is 10.1. The first-order valence-electron chi connectivity index (χ1n) is 9.86. The van der Waals surface area contributed by atoms with Crippen LogP contribution in [-0.2, 0) is 18.4 Å². The van der Waals surface area contributed by atoms with E-state index in [1.54, 1.807) is 18.2 Å². The van der Waals surface area contributed by atoms with Gasteiger partial charge in [-0.05, 0) is 50.1 Å². The number of amides is 1. The molecular formula is C22H24N4O4S. The van der Waals surface area contributed by atoms with Crippen LogP contribution in [0.3, 0.4) is 0 Å². The largest absolute Gasteiger partial charge is 0.485 e. The van der Waals surface area contributed by atoms with Crippen molar-refractivity contribution in [3.05, 3.63) is 53.3 Å². The number of carbonyl (C=O) groups is 1. The molecular weight excluding hydrogens is 416 g/mol. The number of nitrogens with one attached hydrogen (secondary N) is 1. The van der Waals surface area contributed by atoms with Crippen LogP contribution in [0, 0.1) is 13.8 Å². The van der Waals surface area contributed by atoms with Gasteiger partial charge >= 0.3 is 0 Å². The maximum absolute atomic E-state index is 12.6. The number of rotatable bonds is 7. The molecule has 1 N–H and O–H groups in total. The maximum Gasteiger partial charge on any atom is 0.237 e. The maximum atomic E-state index is 12.6. The van der Waals surface area contributed by atoms with Crippen molar-refractivity contribution in [2.24, 2.45) is 7.05 Å². The molecule has 8 nitrogen and oxygen atoms in total. The van der Waals surface area contributed by atoms with Gasteiger partial charge in [0, 0.05) is 18.8 Å². The zero-order valence-corrected chi connectivity index (χ0v) is 18.7. The van der Waals surface area contributed by atoms with Gasteiger partial charge in [0.1, 0.15) is 12.4 Å². The van der Waals surface area contributed by atoms with E-state index >= 15 is 0 Å². The van der Waals surface area contributed by atoms with Crippen molar-refractivity contribution < 1.29 is 19.0 Å². The lowest BCUT2D eigenvalue weighted by Gasteiger charge is -2.12. The van der Waals surface area contributed by atoms with Gasteiger partial charge in [-0.25, -0.2) is 0 Å². The summed E-state index contributed by atoms with van der Waals surface area (Å²) in [5.74, 6) is 2.68. The molecule has 0 fully saturated rings. The number of ether oxygens (including phenoxy) is 3.